The molecule has 90 valence electrons. The minimum Gasteiger partial charge on any atom is -0.335 e. The summed E-state index contributed by atoms with van der Waals surface area (Å²) in [5.41, 5.74) is 6.86. The highest BCUT2D eigenvalue weighted by Gasteiger charge is 2.14. The Hall–Kier alpha value is -0.830. The first-order chi connectivity index (χ1) is 7.90. The van der Waals surface area contributed by atoms with Gasteiger partial charge in [0.2, 0.25) is 0 Å². The molecular weight excluding hydrogens is 198 g/mol. The van der Waals surface area contributed by atoms with E-state index in [-0.39, 0.29) is 0 Å². The summed E-state index contributed by atoms with van der Waals surface area (Å²) < 4.78 is 2.27. The lowest BCUT2D eigenvalue weighted by molar-refractivity contribution is 0.455. The summed E-state index contributed by atoms with van der Waals surface area (Å²) in [5, 5.41) is 0. The molecule has 1 fully saturated rings. The molecule has 1 aromatic rings. The molecule has 1 aliphatic carbocycles. The van der Waals surface area contributed by atoms with Crippen LogP contribution in [-0.4, -0.2) is 16.1 Å². The van der Waals surface area contributed by atoms with Gasteiger partial charge in [0.1, 0.15) is 0 Å². The predicted molar refractivity (Wildman–Crippen MR) is 66.2 cm³/mol. The van der Waals surface area contributed by atoms with Crippen molar-refractivity contribution in [3.8, 4) is 0 Å². The highest BCUT2D eigenvalue weighted by atomic mass is 15.0. The number of aromatic nitrogens is 2. The predicted octanol–water partition coefficient (Wildman–Crippen LogP) is 2.35. The fraction of sp³-hybridized carbons (Fsp3) is 0.769. The molecule has 1 heterocycles. The quantitative estimate of drug-likeness (QED) is 0.801. The van der Waals surface area contributed by atoms with E-state index in [1.165, 1.54) is 44.2 Å². The molecule has 1 saturated carbocycles. The zero-order chi connectivity index (χ0) is 11.2. The first-order valence-electron chi connectivity index (χ1n) is 6.59. The minimum atomic E-state index is 0.717. The van der Waals surface area contributed by atoms with Crippen LogP contribution in [0.5, 0.6) is 0 Å². The standard InChI is InChI=1S/C13H23N3/c14-8-7-13-10-15-11-16(13)9-3-6-12-4-1-2-5-12/h10-12H,1-9,14H2. The van der Waals surface area contributed by atoms with Crippen LogP contribution in [0, 0.1) is 5.92 Å². The number of hydrogen-bond acceptors (Lipinski definition) is 2. The molecule has 0 saturated heterocycles. The molecule has 0 radical (unpaired) electrons. The van der Waals surface area contributed by atoms with Gasteiger partial charge in [-0.3, -0.25) is 0 Å². The van der Waals surface area contributed by atoms with Gasteiger partial charge in [-0.2, -0.15) is 0 Å². The van der Waals surface area contributed by atoms with Crippen molar-refractivity contribution in [3.63, 3.8) is 0 Å². The lowest BCUT2D eigenvalue weighted by Gasteiger charge is -2.10. The molecule has 0 amide bonds. The lowest BCUT2D eigenvalue weighted by Crippen LogP contribution is -2.09. The van der Waals surface area contributed by atoms with Crippen LogP contribution in [0.15, 0.2) is 12.5 Å². The number of rotatable bonds is 6. The Kier molecular flexibility index (Phi) is 4.40. The normalized spacial score (nSPS) is 17.1. The van der Waals surface area contributed by atoms with Crippen LogP contribution in [-0.2, 0) is 13.0 Å². The molecule has 1 aromatic heterocycles. The van der Waals surface area contributed by atoms with E-state index in [1.807, 2.05) is 12.5 Å². The average Bonchev–Trinajstić information content (AvgIpc) is 2.91. The van der Waals surface area contributed by atoms with E-state index >= 15 is 0 Å². The van der Waals surface area contributed by atoms with Crippen molar-refractivity contribution in [2.24, 2.45) is 11.7 Å². The van der Waals surface area contributed by atoms with Gasteiger partial charge in [0.15, 0.2) is 0 Å². The second kappa shape index (κ2) is 6.04. The van der Waals surface area contributed by atoms with Crippen LogP contribution < -0.4 is 5.73 Å². The smallest absolute Gasteiger partial charge is 0.0948 e. The van der Waals surface area contributed by atoms with Gasteiger partial charge < -0.3 is 10.3 Å². The van der Waals surface area contributed by atoms with Crippen molar-refractivity contribution in [1.82, 2.24) is 9.55 Å². The molecule has 3 heteroatoms. The van der Waals surface area contributed by atoms with Gasteiger partial charge in [0.05, 0.1) is 6.33 Å². The van der Waals surface area contributed by atoms with Crippen LogP contribution >= 0.6 is 0 Å². The molecule has 1 aliphatic rings. The molecule has 0 aliphatic heterocycles. The molecule has 2 N–H and O–H groups in total. The third-order valence-corrected chi connectivity index (χ3v) is 3.69. The van der Waals surface area contributed by atoms with Gasteiger partial charge in [-0.05, 0) is 25.3 Å². The maximum absolute atomic E-state index is 5.58. The second-order valence-electron chi connectivity index (χ2n) is 4.91. The minimum absolute atomic E-state index is 0.717. The fourth-order valence-electron chi connectivity index (χ4n) is 2.75. The highest BCUT2D eigenvalue weighted by Crippen LogP contribution is 2.28. The summed E-state index contributed by atoms with van der Waals surface area (Å²) in [5.74, 6) is 1.00. The molecule has 0 atom stereocenters. The van der Waals surface area contributed by atoms with Gasteiger partial charge in [0, 0.05) is 24.9 Å². The summed E-state index contributed by atoms with van der Waals surface area (Å²) in [6, 6.07) is 0. The van der Waals surface area contributed by atoms with E-state index in [9.17, 15) is 0 Å². The topological polar surface area (TPSA) is 43.8 Å². The Morgan fingerprint density at radius 3 is 2.94 bits per heavy atom. The van der Waals surface area contributed by atoms with E-state index < -0.39 is 0 Å². The van der Waals surface area contributed by atoms with Crippen LogP contribution in [0.25, 0.3) is 0 Å². The monoisotopic (exact) mass is 221 g/mol. The highest BCUT2D eigenvalue weighted by molar-refractivity contribution is 4.98. The number of nitrogens with zero attached hydrogens (tertiary/aromatic N) is 2. The molecule has 16 heavy (non-hydrogen) atoms. The fourth-order valence-corrected chi connectivity index (χ4v) is 2.75. The van der Waals surface area contributed by atoms with Crippen molar-refractivity contribution in [2.75, 3.05) is 6.54 Å². The first-order valence-corrected chi connectivity index (χ1v) is 6.59. The van der Waals surface area contributed by atoms with Crippen molar-refractivity contribution < 1.29 is 0 Å². The van der Waals surface area contributed by atoms with Crippen molar-refractivity contribution >= 4 is 0 Å². The molecule has 2 rings (SSSR count). The number of aryl methyl sites for hydroxylation is 1. The first kappa shape index (κ1) is 11.6. The van der Waals surface area contributed by atoms with Crippen molar-refractivity contribution in [2.45, 2.75) is 51.5 Å². The van der Waals surface area contributed by atoms with Gasteiger partial charge in [-0.1, -0.05) is 25.7 Å². The summed E-state index contributed by atoms with van der Waals surface area (Å²) in [6.07, 6.45) is 13.3. The van der Waals surface area contributed by atoms with Gasteiger partial charge in [0.25, 0.3) is 0 Å². The molecule has 0 spiro atoms. The van der Waals surface area contributed by atoms with Crippen molar-refractivity contribution in [3.05, 3.63) is 18.2 Å². The third-order valence-electron chi connectivity index (χ3n) is 3.69. The Bertz CT molecular complexity index is 300. The molecule has 3 nitrogen and oxygen atoms in total. The molecular formula is C13H23N3. The zero-order valence-electron chi connectivity index (χ0n) is 10.1. The second-order valence-corrected chi connectivity index (χ2v) is 4.91. The van der Waals surface area contributed by atoms with Crippen LogP contribution in [0.3, 0.4) is 0 Å². The SMILES string of the molecule is NCCc1cncn1CCCC1CCCC1. The maximum atomic E-state index is 5.58. The maximum Gasteiger partial charge on any atom is 0.0948 e. The average molecular weight is 221 g/mol. The van der Waals surface area contributed by atoms with Crippen LogP contribution in [0.2, 0.25) is 0 Å². The number of imidazole rings is 1. The van der Waals surface area contributed by atoms with Gasteiger partial charge in [-0.25, -0.2) is 4.98 Å². The Labute approximate surface area is 98.1 Å². The van der Waals surface area contributed by atoms with Crippen LogP contribution in [0.1, 0.15) is 44.2 Å². The summed E-state index contributed by atoms with van der Waals surface area (Å²) in [6.45, 7) is 1.83. The van der Waals surface area contributed by atoms with Crippen LogP contribution in [0.4, 0.5) is 0 Å². The Balaban J connectivity index is 1.73. The van der Waals surface area contributed by atoms with E-state index in [1.54, 1.807) is 0 Å². The van der Waals surface area contributed by atoms with Crippen molar-refractivity contribution in [1.29, 1.82) is 0 Å². The van der Waals surface area contributed by atoms with Gasteiger partial charge in [-0.15, -0.1) is 0 Å². The van der Waals surface area contributed by atoms with E-state index in [0.29, 0.717) is 6.54 Å². The zero-order valence-corrected chi connectivity index (χ0v) is 10.1. The van der Waals surface area contributed by atoms with E-state index in [2.05, 4.69) is 9.55 Å². The Morgan fingerprint density at radius 2 is 2.19 bits per heavy atom. The number of nitrogens with two attached hydrogens (primary N) is 1. The van der Waals surface area contributed by atoms with Gasteiger partial charge >= 0.3 is 0 Å². The molecule has 0 bridgehead atoms. The largest absolute Gasteiger partial charge is 0.335 e. The Morgan fingerprint density at radius 1 is 1.38 bits per heavy atom. The van der Waals surface area contributed by atoms with E-state index in [4.69, 9.17) is 5.73 Å². The summed E-state index contributed by atoms with van der Waals surface area (Å²) in [4.78, 5) is 4.20. The van der Waals surface area contributed by atoms with E-state index in [0.717, 1.165) is 18.9 Å². The number of hydrogen-bond donors (Lipinski definition) is 1. The molecule has 0 aromatic carbocycles. The summed E-state index contributed by atoms with van der Waals surface area (Å²) >= 11 is 0. The summed E-state index contributed by atoms with van der Waals surface area (Å²) in [7, 11) is 0. The third kappa shape index (κ3) is 3.08. The lowest BCUT2D eigenvalue weighted by atomic mass is 10.0. The molecule has 0 unspecified atom stereocenters.